The lowest BCUT2D eigenvalue weighted by Crippen LogP contribution is -1.98. The molecule has 0 aliphatic heterocycles. The molecule has 6 heteroatoms. The number of nitrogens with zero attached hydrogens (tertiary/aromatic N) is 3. The highest BCUT2D eigenvalue weighted by atomic mass is 32.1. The van der Waals surface area contributed by atoms with Gasteiger partial charge in [0, 0.05) is 9.75 Å². The molecule has 3 aromatic heterocycles. The molecule has 0 aliphatic rings. The van der Waals surface area contributed by atoms with Crippen LogP contribution in [0, 0.1) is 0 Å². The molecular weight excluding hydrogens is 507 g/mol. The fourth-order valence-electron chi connectivity index (χ4n) is 4.33. The van der Waals surface area contributed by atoms with Crippen LogP contribution in [0.5, 0.6) is 6.01 Å². The Hall–Kier alpha value is -3.35. The monoisotopic (exact) mass is 539 g/mol. The molecule has 38 heavy (non-hydrogen) atoms. The van der Waals surface area contributed by atoms with Crippen molar-refractivity contribution in [2.75, 3.05) is 7.11 Å². The number of benzene rings is 2. The van der Waals surface area contributed by atoms with Crippen molar-refractivity contribution >= 4 is 22.7 Å². The number of rotatable bonds is 11. The van der Waals surface area contributed by atoms with Crippen molar-refractivity contribution in [3.63, 3.8) is 0 Å². The van der Waals surface area contributed by atoms with Gasteiger partial charge in [-0.05, 0) is 72.2 Å². The smallest absolute Gasteiger partial charge is 0.320 e. The van der Waals surface area contributed by atoms with Gasteiger partial charge in [-0.1, -0.05) is 75.2 Å². The van der Waals surface area contributed by atoms with Crippen LogP contribution in [0.25, 0.3) is 42.3 Å². The molecule has 0 N–H and O–H groups in total. The van der Waals surface area contributed by atoms with Crippen LogP contribution in [0.4, 0.5) is 0 Å². The quantitative estimate of drug-likeness (QED) is 0.168. The van der Waals surface area contributed by atoms with Crippen LogP contribution in [0.3, 0.4) is 0 Å². The number of ether oxygens (including phenoxy) is 1. The second-order valence-corrected chi connectivity index (χ2v) is 11.6. The number of aromatic nitrogens is 3. The first-order chi connectivity index (χ1) is 18.7. The zero-order chi connectivity index (χ0) is 26.3. The highest BCUT2D eigenvalue weighted by molar-refractivity contribution is 7.19. The highest BCUT2D eigenvalue weighted by Gasteiger charge is 2.15. The van der Waals surface area contributed by atoms with E-state index in [9.17, 15) is 0 Å². The summed E-state index contributed by atoms with van der Waals surface area (Å²) in [6.07, 6.45) is 7.15. The molecule has 0 unspecified atom stereocenters. The first kappa shape index (κ1) is 26.3. The second kappa shape index (κ2) is 12.5. The van der Waals surface area contributed by atoms with Crippen LogP contribution in [0.15, 0.2) is 72.8 Å². The number of hydrogen-bond acceptors (Lipinski definition) is 6. The van der Waals surface area contributed by atoms with Gasteiger partial charge in [-0.2, -0.15) is 9.97 Å². The third-order valence-corrected chi connectivity index (χ3v) is 8.83. The van der Waals surface area contributed by atoms with E-state index in [1.165, 1.54) is 57.7 Å². The van der Waals surface area contributed by atoms with Crippen LogP contribution in [0.1, 0.15) is 50.7 Å². The van der Waals surface area contributed by atoms with Gasteiger partial charge < -0.3 is 4.74 Å². The summed E-state index contributed by atoms with van der Waals surface area (Å²) >= 11 is 3.38. The first-order valence-electron chi connectivity index (χ1n) is 13.4. The van der Waals surface area contributed by atoms with Gasteiger partial charge in [0.15, 0.2) is 11.6 Å². The van der Waals surface area contributed by atoms with Crippen molar-refractivity contribution in [1.29, 1.82) is 0 Å². The number of methoxy groups -OCH3 is 1. The van der Waals surface area contributed by atoms with Crippen LogP contribution in [-0.2, 0) is 12.8 Å². The molecule has 0 radical (unpaired) electrons. The lowest BCUT2D eigenvalue weighted by molar-refractivity contribution is 0.379. The number of unbranched alkanes of at least 4 members (excludes halogenated alkanes) is 2. The van der Waals surface area contributed by atoms with E-state index in [0.717, 1.165) is 22.6 Å². The third kappa shape index (κ3) is 6.20. The molecule has 0 bridgehead atoms. The Kier molecular flexibility index (Phi) is 8.61. The van der Waals surface area contributed by atoms with Gasteiger partial charge in [0.25, 0.3) is 0 Å². The summed E-state index contributed by atoms with van der Waals surface area (Å²) in [5.74, 6) is 1.27. The Balaban J connectivity index is 1.38. The summed E-state index contributed by atoms with van der Waals surface area (Å²) in [5.41, 5.74) is 5.21. The third-order valence-electron chi connectivity index (χ3n) is 6.57. The molecule has 0 fully saturated rings. The average Bonchev–Trinajstić information content (AvgIpc) is 3.66. The van der Waals surface area contributed by atoms with Crippen LogP contribution >= 0.6 is 22.7 Å². The Bertz CT molecular complexity index is 1360. The van der Waals surface area contributed by atoms with Gasteiger partial charge in [0.05, 0.1) is 16.9 Å². The minimum absolute atomic E-state index is 0.329. The first-order valence-corrected chi connectivity index (χ1v) is 15.0. The van der Waals surface area contributed by atoms with E-state index in [2.05, 4.69) is 96.6 Å². The molecule has 0 amide bonds. The van der Waals surface area contributed by atoms with E-state index in [-0.39, 0.29) is 0 Å². The van der Waals surface area contributed by atoms with E-state index in [1.807, 2.05) is 0 Å². The number of thiophene rings is 2. The minimum Gasteiger partial charge on any atom is -0.467 e. The highest BCUT2D eigenvalue weighted by Crippen LogP contribution is 2.37. The van der Waals surface area contributed by atoms with Crippen LogP contribution in [-0.4, -0.2) is 22.1 Å². The summed E-state index contributed by atoms with van der Waals surface area (Å²) < 4.78 is 5.46. The summed E-state index contributed by atoms with van der Waals surface area (Å²) in [6.45, 7) is 4.46. The van der Waals surface area contributed by atoms with Gasteiger partial charge in [-0.15, -0.1) is 22.7 Å². The Labute approximate surface area is 233 Å². The maximum atomic E-state index is 5.46. The standard InChI is InChI=1S/C32H33N3OS2/c1-4-6-8-22-10-14-24(15-11-22)26-18-20-28(37-26)30-33-31(35-32(34-30)36-3)29-21-19-27(38-29)25-16-12-23(13-17-25)9-7-5-2/h10-21H,4-9H2,1-3H3. The maximum Gasteiger partial charge on any atom is 0.320 e. The minimum atomic E-state index is 0.329. The predicted octanol–water partition coefficient (Wildman–Crippen LogP) is 9.36. The van der Waals surface area contributed by atoms with Gasteiger partial charge in [0.1, 0.15) is 0 Å². The molecule has 0 saturated carbocycles. The summed E-state index contributed by atoms with van der Waals surface area (Å²) in [6, 6.07) is 26.6. The normalized spacial score (nSPS) is 11.1. The zero-order valence-electron chi connectivity index (χ0n) is 22.2. The molecular formula is C32H33N3OS2. The van der Waals surface area contributed by atoms with Crippen molar-refractivity contribution in [3.8, 4) is 48.3 Å². The topological polar surface area (TPSA) is 47.9 Å². The molecule has 0 atom stereocenters. The van der Waals surface area contributed by atoms with E-state index < -0.39 is 0 Å². The summed E-state index contributed by atoms with van der Waals surface area (Å²) in [5, 5.41) is 0. The van der Waals surface area contributed by atoms with Crippen molar-refractivity contribution in [2.45, 2.75) is 52.4 Å². The maximum absolute atomic E-state index is 5.46. The molecule has 4 nitrogen and oxygen atoms in total. The van der Waals surface area contributed by atoms with Gasteiger partial charge in [-0.3, -0.25) is 0 Å². The Morgan fingerprint density at radius 2 is 0.974 bits per heavy atom. The second-order valence-electron chi connectivity index (χ2n) is 9.40. The molecule has 5 aromatic rings. The van der Waals surface area contributed by atoms with E-state index in [0.29, 0.717) is 17.7 Å². The lowest BCUT2D eigenvalue weighted by atomic mass is 10.1. The molecule has 0 saturated heterocycles. The van der Waals surface area contributed by atoms with Crippen molar-refractivity contribution < 1.29 is 4.74 Å². The Morgan fingerprint density at radius 3 is 1.37 bits per heavy atom. The van der Waals surface area contributed by atoms with E-state index in [1.54, 1.807) is 29.8 Å². The zero-order valence-corrected chi connectivity index (χ0v) is 23.9. The van der Waals surface area contributed by atoms with Crippen LogP contribution in [0.2, 0.25) is 0 Å². The fraction of sp³-hybridized carbons (Fsp3) is 0.281. The lowest BCUT2D eigenvalue weighted by Gasteiger charge is -2.04. The molecule has 194 valence electrons. The summed E-state index contributed by atoms with van der Waals surface area (Å²) in [4.78, 5) is 18.4. The average molecular weight is 540 g/mol. The summed E-state index contributed by atoms with van der Waals surface area (Å²) in [7, 11) is 1.60. The van der Waals surface area contributed by atoms with Crippen molar-refractivity contribution in [3.05, 3.63) is 83.9 Å². The largest absolute Gasteiger partial charge is 0.467 e. The van der Waals surface area contributed by atoms with Crippen molar-refractivity contribution in [2.24, 2.45) is 0 Å². The SMILES string of the molecule is CCCCc1ccc(-c2ccc(-c3nc(OC)nc(-c4ccc(-c5ccc(CCCC)cc5)s4)n3)s2)cc1. The van der Waals surface area contributed by atoms with E-state index in [4.69, 9.17) is 9.72 Å². The number of aryl methyl sites for hydroxylation is 2. The Morgan fingerprint density at radius 1 is 0.553 bits per heavy atom. The number of hydrogen-bond donors (Lipinski definition) is 0. The molecule has 3 heterocycles. The van der Waals surface area contributed by atoms with Crippen LogP contribution < -0.4 is 4.74 Å². The predicted molar refractivity (Wildman–Crippen MR) is 161 cm³/mol. The van der Waals surface area contributed by atoms with Gasteiger partial charge >= 0.3 is 6.01 Å². The molecule has 5 rings (SSSR count). The van der Waals surface area contributed by atoms with E-state index >= 15 is 0 Å². The molecule has 2 aromatic carbocycles. The molecule has 0 spiro atoms. The molecule has 0 aliphatic carbocycles. The van der Waals surface area contributed by atoms with Crippen molar-refractivity contribution in [1.82, 2.24) is 15.0 Å². The van der Waals surface area contributed by atoms with Gasteiger partial charge in [0.2, 0.25) is 0 Å². The fourth-order valence-corrected chi connectivity index (χ4v) is 6.22. The van der Waals surface area contributed by atoms with Gasteiger partial charge in [-0.25, -0.2) is 4.98 Å².